The molecule has 0 saturated heterocycles. The van der Waals surface area contributed by atoms with Gasteiger partial charge in [-0.2, -0.15) is 5.10 Å². The summed E-state index contributed by atoms with van der Waals surface area (Å²) < 4.78 is 1.43. The number of nitrogens with one attached hydrogen (secondary N) is 2. The molecule has 0 bridgehead atoms. The molecule has 0 saturated carbocycles. The maximum atomic E-state index is 12.2. The second-order valence-corrected chi connectivity index (χ2v) is 8.19. The van der Waals surface area contributed by atoms with Gasteiger partial charge in [0.2, 0.25) is 5.91 Å². The van der Waals surface area contributed by atoms with Crippen molar-refractivity contribution in [3.63, 3.8) is 0 Å². The highest BCUT2D eigenvalue weighted by Crippen LogP contribution is 2.37. The Morgan fingerprint density at radius 1 is 1.16 bits per heavy atom. The van der Waals surface area contributed by atoms with Crippen molar-refractivity contribution >= 4 is 34.8 Å². The van der Waals surface area contributed by atoms with Gasteiger partial charge in [0.1, 0.15) is 5.69 Å². The molecule has 1 atom stereocenters. The third kappa shape index (κ3) is 6.44. The monoisotopic (exact) mass is 463 g/mol. The van der Waals surface area contributed by atoms with Crippen LogP contribution in [0.15, 0.2) is 47.3 Å². The quantitative estimate of drug-likeness (QED) is 0.474. The fourth-order valence-corrected chi connectivity index (χ4v) is 3.78. The van der Waals surface area contributed by atoms with E-state index in [2.05, 4.69) is 20.7 Å². The first-order chi connectivity index (χ1) is 14.3. The fourth-order valence-electron chi connectivity index (χ4n) is 2.81. The topological polar surface area (TPSA) is 109 Å². The zero-order valence-electron chi connectivity index (χ0n) is 17.5. The maximum absolute atomic E-state index is 12.2. The molecule has 3 rings (SSSR count). The first kappa shape index (κ1) is 24.7. The van der Waals surface area contributed by atoms with E-state index in [1.54, 1.807) is 13.0 Å². The van der Waals surface area contributed by atoms with Crippen molar-refractivity contribution in [2.24, 2.45) is 0 Å². The molecule has 2 aromatic heterocycles. The summed E-state index contributed by atoms with van der Waals surface area (Å²) in [6.45, 7) is 5.83. The molecule has 3 N–H and O–H groups in total. The summed E-state index contributed by atoms with van der Waals surface area (Å²) in [5, 5.41) is 19.9. The van der Waals surface area contributed by atoms with E-state index in [-0.39, 0.29) is 36.5 Å². The first-order valence-electron chi connectivity index (χ1n) is 9.70. The Kier molecular flexibility index (Phi) is 8.88. The van der Waals surface area contributed by atoms with Crippen molar-refractivity contribution in [1.29, 1.82) is 0 Å². The second-order valence-electron chi connectivity index (χ2n) is 7.19. The highest BCUT2D eigenvalue weighted by Gasteiger charge is 2.18. The number of hydrogen-bond donors (Lipinski definition) is 3. The molecule has 0 unspecified atom stereocenters. The van der Waals surface area contributed by atoms with Crippen LogP contribution < -0.4 is 16.2 Å². The summed E-state index contributed by atoms with van der Waals surface area (Å²) in [4.78, 5) is 29.7. The van der Waals surface area contributed by atoms with Crippen LogP contribution >= 0.6 is 23.7 Å². The number of rotatable bonds is 8. The van der Waals surface area contributed by atoms with Crippen LogP contribution in [0.1, 0.15) is 26.8 Å². The van der Waals surface area contributed by atoms with E-state index in [0.717, 1.165) is 10.4 Å². The fraction of sp³-hybridized carbons (Fsp3) is 0.333. The van der Waals surface area contributed by atoms with Crippen molar-refractivity contribution in [3.8, 4) is 21.8 Å². The molecule has 1 amide bonds. The Bertz CT molecular complexity index is 1070. The number of aliphatic hydroxyl groups is 1. The molecular weight excluding hydrogens is 438 g/mol. The zero-order valence-corrected chi connectivity index (χ0v) is 19.2. The molecule has 10 heteroatoms. The lowest BCUT2D eigenvalue weighted by atomic mass is 10.1. The molecule has 0 spiro atoms. The van der Waals surface area contributed by atoms with Gasteiger partial charge in [0.05, 0.1) is 29.3 Å². The lowest BCUT2D eigenvalue weighted by Gasteiger charge is -2.09. The molecule has 0 aliphatic carbocycles. The number of hydrogen-bond acceptors (Lipinski definition) is 7. The summed E-state index contributed by atoms with van der Waals surface area (Å²) in [5.74, 6) is -0.254. The van der Waals surface area contributed by atoms with Gasteiger partial charge in [-0.25, -0.2) is 9.67 Å². The van der Waals surface area contributed by atoms with Crippen LogP contribution in [0, 0.1) is 0 Å². The summed E-state index contributed by atoms with van der Waals surface area (Å²) in [7, 11) is 0. The summed E-state index contributed by atoms with van der Waals surface area (Å²) in [6.07, 6.45) is -0.531. The lowest BCUT2D eigenvalue weighted by molar-refractivity contribution is -0.115. The second kappa shape index (κ2) is 11.1. The molecule has 2 heterocycles. The number of benzene rings is 1. The van der Waals surface area contributed by atoms with Gasteiger partial charge >= 0.3 is 0 Å². The van der Waals surface area contributed by atoms with Crippen molar-refractivity contribution in [3.05, 3.63) is 52.8 Å². The number of carbonyl (C=O) groups excluding carboxylic acids is 1. The van der Waals surface area contributed by atoms with E-state index in [4.69, 9.17) is 0 Å². The summed E-state index contributed by atoms with van der Waals surface area (Å²) in [5.41, 5.74) is 2.03. The van der Waals surface area contributed by atoms with Gasteiger partial charge < -0.3 is 15.7 Å². The number of halogens is 1. The predicted octanol–water partition coefficient (Wildman–Crippen LogP) is 2.95. The standard InChI is InChI=1S/C21H25N5O3S.ClH/c1-13(2)26-18(29)10-9-16(25-26)20-19(15-7-5-4-6-8-15)24-21(30-20)23-17(28)12-22-11-14(3)27;/h4-10,13-14,22,27H,11-12H2,1-3H3,(H,23,24,28);1H/t14-;/m0./s1. The Hall–Kier alpha value is -2.59. The van der Waals surface area contributed by atoms with Crippen LogP contribution in [0.3, 0.4) is 0 Å². The van der Waals surface area contributed by atoms with Crippen molar-refractivity contribution < 1.29 is 9.90 Å². The predicted molar refractivity (Wildman–Crippen MR) is 126 cm³/mol. The van der Waals surface area contributed by atoms with Crippen LogP contribution in [-0.4, -0.2) is 45.0 Å². The third-order valence-corrected chi connectivity index (χ3v) is 5.19. The minimum absolute atomic E-state index is 0. The van der Waals surface area contributed by atoms with Crippen molar-refractivity contribution in [1.82, 2.24) is 20.1 Å². The van der Waals surface area contributed by atoms with Crippen LogP contribution in [0.25, 0.3) is 21.8 Å². The van der Waals surface area contributed by atoms with E-state index in [0.29, 0.717) is 23.1 Å². The van der Waals surface area contributed by atoms with Gasteiger partial charge in [0, 0.05) is 18.2 Å². The molecule has 0 radical (unpaired) electrons. The number of anilines is 1. The largest absolute Gasteiger partial charge is 0.392 e. The van der Waals surface area contributed by atoms with Crippen LogP contribution in [-0.2, 0) is 4.79 Å². The Balaban J connectivity index is 0.00000341. The normalized spacial score (nSPS) is 11.8. The SMILES string of the molecule is CC(C)n1nc(-c2sc(NC(=O)CNC[C@H](C)O)nc2-c2ccccc2)ccc1=O.Cl. The summed E-state index contributed by atoms with van der Waals surface area (Å²) in [6, 6.07) is 12.7. The Morgan fingerprint density at radius 3 is 2.52 bits per heavy atom. The summed E-state index contributed by atoms with van der Waals surface area (Å²) >= 11 is 1.30. The van der Waals surface area contributed by atoms with Gasteiger partial charge in [-0.3, -0.25) is 9.59 Å². The number of aromatic nitrogens is 3. The van der Waals surface area contributed by atoms with Crippen molar-refractivity contribution in [2.75, 3.05) is 18.4 Å². The minimum Gasteiger partial charge on any atom is -0.392 e. The number of thiazole rings is 1. The first-order valence-corrected chi connectivity index (χ1v) is 10.5. The van der Waals surface area contributed by atoms with Crippen LogP contribution in [0.5, 0.6) is 0 Å². The Labute approximate surface area is 190 Å². The molecule has 3 aromatic rings. The molecule has 0 fully saturated rings. The molecule has 8 nitrogen and oxygen atoms in total. The van der Waals surface area contributed by atoms with E-state index in [9.17, 15) is 14.7 Å². The molecule has 0 aliphatic rings. The van der Waals surface area contributed by atoms with E-state index in [1.165, 1.54) is 22.1 Å². The van der Waals surface area contributed by atoms with Crippen LogP contribution in [0.2, 0.25) is 0 Å². The Morgan fingerprint density at radius 2 is 1.87 bits per heavy atom. The van der Waals surface area contributed by atoms with E-state index < -0.39 is 6.10 Å². The van der Waals surface area contributed by atoms with Gasteiger partial charge in [-0.15, -0.1) is 12.4 Å². The number of aliphatic hydroxyl groups excluding tert-OH is 1. The number of carbonyl (C=O) groups is 1. The third-order valence-electron chi connectivity index (χ3n) is 4.19. The van der Waals surface area contributed by atoms with Gasteiger partial charge in [-0.05, 0) is 26.8 Å². The molecule has 31 heavy (non-hydrogen) atoms. The number of amides is 1. The molecule has 1 aromatic carbocycles. The minimum atomic E-state index is -0.531. The smallest absolute Gasteiger partial charge is 0.267 e. The van der Waals surface area contributed by atoms with Gasteiger partial charge in [0.15, 0.2) is 5.13 Å². The number of nitrogens with zero attached hydrogens (tertiary/aromatic N) is 3. The van der Waals surface area contributed by atoms with E-state index >= 15 is 0 Å². The zero-order chi connectivity index (χ0) is 21.7. The van der Waals surface area contributed by atoms with Gasteiger partial charge in [0.25, 0.3) is 5.56 Å². The van der Waals surface area contributed by atoms with Crippen LogP contribution in [0.4, 0.5) is 5.13 Å². The lowest BCUT2D eigenvalue weighted by Crippen LogP contribution is -2.32. The molecule has 166 valence electrons. The molecule has 0 aliphatic heterocycles. The van der Waals surface area contributed by atoms with E-state index in [1.807, 2.05) is 44.2 Å². The highest BCUT2D eigenvalue weighted by atomic mass is 35.5. The molecular formula is C21H26ClN5O3S. The highest BCUT2D eigenvalue weighted by molar-refractivity contribution is 7.19. The average molecular weight is 464 g/mol. The maximum Gasteiger partial charge on any atom is 0.267 e. The van der Waals surface area contributed by atoms with Gasteiger partial charge in [-0.1, -0.05) is 41.7 Å². The van der Waals surface area contributed by atoms with Crippen molar-refractivity contribution in [2.45, 2.75) is 32.9 Å². The average Bonchev–Trinajstić information content (AvgIpc) is 3.12.